The Bertz CT molecular complexity index is 667. The molecule has 0 radical (unpaired) electrons. The number of alkyl halides is 3. The topological polar surface area (TPSA) is 83.0 Å². The van der Waals surface area contributed by atoms with Crippen LogP contribution in [0.4, 0.5) is 18.9 Å². The highest BCUT2D eigenvalue weighted by Gasteiger charge is 2.33. The highest BCUT2D eigenvalue weighted by atomic mass is 19.4. The van der Waals surface area contributed by atoms with Gasteiger partial charge >= 0.3 is 12.1 Å². The first-order valence-corrected chi connectivity index (χ1v) is 5.88. The first-order chi connectivity index (χ1) is 9.82. The van der Waals surface area contributed by atoms with Crippen LogP contribution in [0.25, 0.3) is 5.82 Å². The van der Waals surface area contributed by atoms with E-state index in [1.807, 2.05) is 0 Å². The van der Waals surface area contributed by atoms with Gasteiger partial charge in [0.25, 0.3) is 0 Å². The molecule has 0 aliphatic carbocycles. The lowest BCUT2D eigenvalue weighted by atomic mass is 10.2. The van der Waals surface area contributed by atoms with Crippen molar-refractivity contribution in [3.63, 3.8) is 0 Å². The lowest BCUT2D eigenvalue weighted by molar-refractivity contribution is -0.141. The lowest BCUT2D eigenvalue weighted by Gasteiger charge is -2.07. The average molecular weight is 300 g/mol. The van der Waals surface area contributed by atoms with Crippen LogP contribution in [0.5, 0.6) is 0 Å². The van der Waals surface area contributed by atoms with Crippen molar-refractivity contribution in [1.29, 1.82) is 0 Å². The minimum Gasteiger partial charge on any atom is -0.462 e. The molecule has 112 valence electrons. The van der Waals surface area contributed by atoms with Gasteiger partial charge in [-0.1, -0.05) is 0 Å². The summed E-state index contributed by atoms with van der Waals surface area (Å²) < 4.78 is 43.2. The number of rotatable bonds is 3. The smallest absolute Gasteiger partial charge is 0.435 e. The van der Waals surface area contributed by atoms with Gasteiger partial charge in [-0.25, -0.2) is 14.5 Å². The molecule has 0 spiro atoms. The number of halogens is 3. The van der Waals surface area contributed by atoms with Crippen LogP contribution in [0, 0.1) is 0 Å². The van der Waals surface area contributed by atoms with Crippen LogP contribution >= 0.6 is 0 Å². The first-order valence-electron chi connectivity index (χ1n) is 5.88. The average Bonchev–Trinajstić information content (AvgIpc) is 2.89. The molecule has 0 atom stereocenters. The third-order valence-electron chi connectivity index (χ3n) is 2.53. The number of nitrogens with zero attached hydrogens (tertiary/aromatic N) is 3. The molecule has 2 aromatic rings. The van der Waals surface area contributed by atoms with Crippen LogP contribution in [-0.2, 0) is 10.9 Å². The Balaban J connectivity index is 2.39. The van der Waals surface area contributed by atoms with Crippen LogP contribution < -0.4 is 5.73 Å². The fourth-order valence-electron chi connectivity index (χ4n) is 1.57. The molecule has 2 N–H and O–H groups in total. The Morgan fingerprint density at radius 2 is 2.19 bits per heavy atom. The van der Waals surface area contributed by atoms with Gasteiger partial charge < -0.3 is 10.5 Å². The third kappa shape index (κ3) is 3.12. The van der Waals surface area contributed by atoms with Crippen molar-refractivity contribution in [3.8, 4) is 5.82 Å². The highest BCUT2D eigenvalue weighted by Crippen LogP contribution is 2.28. The van der Waals surface area contributed by atoms with Gasteiger partial charge in [-0.15, -0.1) is 0 Å². The number of pyridine rings is 1. The number of hydrogen-bond acceptors (Lipinski definition) is 5. The Morgan fingerprint density at radius 1 is 1.48 bits per heavy atom. The normalized spacial score (nSPS) is 11.4. The van der Waals surface area contributed by atoms with Crippen LogP contribution in [0.15, 0.2) is 24.5 Å². The summed E-state index contributed by atoms with van der Waals surface area (Å²) in [6, 6.07) is 2.03. The van der Waals surface area contributed by atoms with E-state index in [4.69, 9.17) is 10.5 Å². The molecule has 0 amide bonds. The van der Waals surface area contributed by atoms with Crippen molar-refractivity contribution in [1.82, 2.24) is 14.8 Å². The van der Waals surface area contributed by atoms with Crippen molar-refractivity contribution < 1.29 is 22.7 Å². The van der Waals surface area contributed by atoms with Crippen molar-refractivity contribution in [2.24, 2.45) is 0 Å². The Hall–Kier alpha value is -2.58. The van der Waals surface area contributed by atoms with Crippen LogP contribution in [0.1, 0.15) is 23.0 Å². The van der Waals surface area contributed by atoms with Gasteiger partial charge in [0.05, 0.1) is 24.1 Å². The standard InChI is InChI=1S/C12H11F3N4O2/c1-2-21-11(20)7-5-10(17-6-8(7)16)19-4-3-9(18-19)12(13,14)15/h3-6H,2,16H2,1H3. The monoisotopic (exact) mass is 300 g/mol. The second-order valence-corrected chi connectivity index (χ2v) is 3.99. The molecule has 6 nitrogen and oxygen atoms in total. The molecule has 0 aromatic carbocycles. The maximum atomic E-state index is 12.5. The summed E-state index contributed by atoms with van der Waals surface area (Å²) in [5.74, 6) is -0.649. The maximum absolute atomic E-state index is 12.5. The van der Waals surface area contributed by atoms with E-state index in [1.165, 1.54) is 6.07 Å². The summed E-state index contributed by atoms with van der Waals surface area (Å²) >= 11 is 0. The minimum absolute atomic E-state index is 0.0194. The van der Waals surface area contributed by atoms with E-state index in [-0.39, 0.29) is 23.7 Å². The summed E-state index contributed by atoms with van der Waals surface area (Å²) in [4.78, 5) is 15.5. The molecule has 0 bridgehead atoms. The van der Waals surface area contributed by atoms with Crippen molar-refractivity contribution in [2.75, 3.05) is 12.3 Å². The van der Waals surface area contributed by atoms with Gasteiger partial charge in [-0.2, -0.15) is 18.3 Å². The zero-order chi connectivity index (χ0) is 15.6. The van der Waals surface area contributed by atoms with Crippen LogP contribution in [0.3, 0.4) is 0 Å². The lowest BCUT2D eigenvalue weighted by Crippen LogP contribution is -2.11. The van der Waals surface area contributed by atoms with Gasteiger partial charge in [0.2, 0.25) is 0 Å². The number of anilines is 1. The maximum Gasteiger partial charge on any atom is 0.435 e. The number of carbonyl (C=O) groups is 1. The van der Waals surface area contributed by atoms with E-state index >= 15 is 0 Å². The van der Waals surface area contributed by atoms with Crippen LogP contribution in [0.2, 0.25) is 0 Å². The predicted octanol–water partition coefficient (Wildman–Crippen LogP) is 2.04. The third-order valence-corrected chi connectivity index (χ3v) is 2.53. The molecule has 0 fully saturated rings. The first kappa shape index (κ1) is 14.8. The van der Waals surface area contributed by atoms with E-state index in [9.17, 15) is 18.0 Å². The minimum atomic E-state index is -4.55. The molecule has 2 heterocycles. The second kappa shape index (κ2) is 5.43. The van der Waals surface area contributed by atoms with Gasteiger partial charge in [0.1, 0.15) is 0 Å². The van der Waals surface area contributed by atoms with E-state index in [1.54, 1.807) is 6.92 Å². The molecule has 21 heavy (non-hydrogen) atoms. The van der Waals surface area contributed by atoms with Gasteiger partial charge in [0.15, 0.2) is 11.5 Å². The number of nitrogen functional groups attached to an aromatic ring is 1. The molecule has 2 aromatic heterocycles. The second-order valence-electron chi connectivity index (χ2n) is 3.99. The largest absolute Gasteiger partial charge is 0.462 e. The number of nitrogens with two attached hydrogens (primary N) is 1. The predicted molar refractivity (Wildman–Crippen MR) is 66.7 cm³/mol. The Morgan fingerprint density at radius 3 is 2.76 bits per heavy atom. The number of ether oxygens (including phenoxy) is 1. The summed E-state index contributed by atoms with van der Waals surface area (Å²) in [7, 11) is 0. The SMILES string of the molecule is CCOC(=O)c1cc(-n2ccc(C(F)(F)F)n2)ncc1N. The number of esters is 1. The molecule has 0 aliphatic rings. The van der Waals surface area contributed by atoms with Gasteiger partial charge in [0, 0.05) is 6.20 Å². The van der Waals surface area contributed by atoms with Gasteiger partial charge in [-0.3, -0.25) is 0 Å². The number of hydrogen-bond donors (Lipinski definition) is 1. The summed E-state index contributed by atoms with van der Waals surface area (Å²) in [6.45, 7) is 1.77. The van der Waals surface area contributed by atoms with Gasteiger partial charge in [-0.05, 0) is 19.1 Å². The summed E-state index contributed by atoms with van der Waals surface area (Å²) in [5.41, 5.74) is 4.63. The fraction of sp³-hybridized carbons (Fsp3) is 0.250. The molecule has 2 rings (SSSR count). The van der Waals surface area contributed by atoms with E-state index in [0.717, 1.165) is 23.1 Å². The van der Waals surface area contributed by atoms with E-state index in [2.05, 4.69) is 10.1 Å². The molecule has 0 saturated carbocycles. The molecule has 0 unspecified atom stereocenters. The zero-order valence-corrected chi connectivity index (χ0v) is 10.9. The van der Waals surface area contributed by atoms with E-state index in [0.29, 0.717) is 0 Å². The molecular formula is C12H11F3N4O2. The van der Waals surface area contributed by atoms with Crippen LogP contribution in [-0.4, -0.2) is 27.3 Å². The quantitative estimate of drug-likeness (QED) is 0.877. The highest BCUT2D eigenvalue weighted by molar-refractivity contribution is 5.95. The Kier molecular flexibility index (Phi) is 3.83. The molecular weight excluding hydrogens is 289 g/mol. The summed E-state index contributed by atoms with van der Waals surface area (Å²) in [5, 5.41) is 3.36. The number of aromatic nitrogens is 3. The van der Waals surface area contributed by atoms with Crippen molar-refractivity contribution in [2.45, 2.75) is 13.1 Å². The summed E-state index contributed by atoms with van der Waals surface area (Å²) in [6.07, 6.45) is -2.30. The molecule has 0 saturated heterocycles. The Labute approximate surface area is 117 Å². The van der Waals surface area contributed by atoms with E-state index < -0.39 is 17.8 Å². The molecule has 0 aliphatic heterocycles. The fourth-order valence-corrected chi connectivity index (χ4v) is 1.57. The zero-order valence-electron chi connectivity index (χ0n) is 10.9. The number of carbonyl (C=O) groups excluding carboxylic acids is 1. The van der Waals surface area contributed by atoms with Crippen molar-refractivity contribution in [3.05, 3.63) is 35.8 Å². The van der Waals surface area contributed by atoms with Crippen molar-refractivity contribution >= 4 is 11.7 Å². The molecule has 9 heteroatoms.